The predicted molar refractivity (Wildman–Crippen MR) is 99.4 cm³/mol. The van der Waals surface area contributed by atoms with E-state index in [4.69, 9.17) is 5.26 Å². The first-order valence-corrected chi connectivity index (χ1v) is 9.12. The molecule has 1 aromatic rings. The van der Waals surface area contributed by atoms with Gasteiger partial charge in [-0.15, -0.1) is 0 Å². The van der Waals surface area contributed by atoms with Crippen LogP contribution in [0.25, 0.3) is 0 Å². The summed E-state index contributed by atoms with van der Waals surface area (Å²) in [5, 5.41) is 8.63. The fourth-order valence-corrected chi connectivity index (χ4v) is 3.50. The van der Waals surface area contributed by atoms with Gasteiger partial charge in [0.15, 0.2) is 0 Å². The number of hydrogen-bond donors (Lipinski definition) is 0. The molecule has 1 fully saturated rings. The molecular weight excluding hydrogens is 360 g/mol. The lowest BCUT2D eigenvalue weighted by Crippen LogP contribution is -2.50. The molecule has 3 rings (SSSR count). The molecule has 1 saturated heterocycles. The minimum Gasteiger partial charge on any atom is -0.338 e. The SMILES string of the molecule is CC(C)(C)N1C(=O)c2ccc(C(=O)N3CCN(C(=O)CC#N)CC3)cc2C1=O. The number of rotatable bonds is 2. The quantitative estimate of drug-likeness (QED) is 0.717. The molecule has 8 nitrogen and oxygen atoms in total. The van der Waals surface area contributed by atoms with E-state index in [9.17, 15) is 19.2 Å². The molecular formula is C20H22N4O4. The molecule has 2 heterocycles. The standard InChI is InChI=1S/C20H22N4O4/c1-20(2,3)24-18(27)14-5-4-13(12-15(14)19(24)28)17(26)23-10-8-22(9-11-23)16(25)6-7-21/h4-5,12H,6,8-11H2,1-3H3. The van der Waals surface area contributed by atoms with E-state index in [1.807, 2.05) is 6.07 Å². The molecule has 1 aromatic carbocycles. The number of carbonyl (C=O) groups is 4. The zero-order chi connectivity index (χ0) is 20.6. The van der Waals surface area contributed by atoms with Gasteiger partial charge in [0, 0.05) is 37.3 Å². The summed E-state index contributed by atoms with van der Waals surface area (Å²) in [6.07, 6.45) is -0.167. The van der Waals surface area contributed by atoms with Crippen molar-refractivity contribution in [1.82, 2.24) is 14.7 Å². The summed E-state index contributed by atoms with van der Waals surface area (Å²) in [6.45, 7) is 6.80. The summed E-state index contributed by atoms with van der Waals surface area (Å²) in [6, 6.07) is 6.41. The van der Waals surface area contributed by atoms with Gasteiger partial charge in [0.2, 0.25) is 5.91 Å². The third kappa shape index (κ3) is 3.36. The maximum Gasteiger partial charge on any atom is 0.262 e. The highest BCUT2D eigenvalue weighted by Gasteiger charge is 2.42. The van der Waals surface area contributed by atoms with E-state index in [1.165, 1.54) is 17.0 Å². The summed E-state index contributed by atoms with van der Waals surface area (Å²) in [7, 11) is 0. The molecule has 2 aliphatic heterocycles. The number of fused-ring (bicyclic) bond motifs is 1. The highest BCUT2D eigenvalue weighted by atomic mass is 16.2. The van der Waals surface area contributed by atoms with Gasteiger partial charge in [-0.1, -0.05) is 0 Å². The predicted octanol–water partition coefficient (Wildman–Crippen LogP) is 1.28. The van der Waals surface area contributed by atoms with Crippen LogP contribution in [0.4, 0.5) is 0 Å². The maximum atomic E-state index is 12.8. The van der Waals surface area contributed by atoms with Crippen LogP contribution in [0.1, 0.15) is 58.3 Å². The van der Waals surface area contributed by atoms with Crippen molar-refractivity contribution in [3.63, 3.8) is 0 Å². The summed E-state index contributed by atoms with van der Waals surface area (Å²) >= 11 is 0. The Balaban J connectivity index is 1.75. The van der Waals surface area contributed by atoms with E-state index in [-0.39, 0.29) is 29.7 Å². The zero-order valence-electron chi connectivity index (χ0n) is 16.2. The Morgan fingerprint density at radius 1 is 1.00 bits per heavy atom. The van der Waals surface area contributed by atoms with Crippen molar-refractivity contribution in [2.75, 3.05) is 26.2 Å². The lowest BCUT2D eigenvalue weighted by atomic mass is 10.0. The van der Waals surface area contributed by atoms with Gasteiger partial charge in [-0.05, 0) is 39.0 Å². The summed E-state index contributed by atoms with van der Waals surface area (Å²) in [5.41, 5.74) is 0.244. The molecule has 0 unspecified atom stereocenters. The molecule has 0 bridgehead atoms. The molecule has 146 valence electrons. The maximum absolute atomic E-state index is 12.8. The molecule has 0 atom stereocenters. The highest BCUT2D eigenvalue weighted by Crippen LogP contribution is 2.30. The molecule has 0 aliphatic carbocycles. The first kappa shape index (κ1) is 19.5. The van der Waals surface area contributed by atoms with Crippen LogP contribution < -0.4 is 0 Å². The average molecular weight is 382 g/mol. The molecule has 0 saturated carbocycles. The minimum atomic E-state index is -0.649. The Morgan fingerprint density at radius 2 is 1.57 bits per heavy atom. The van der Waals surface area contributed by atoms with Crippen molar-refractivity contribution >= 4 is 23.6 Å². The van der Waals surface area contributed by atoms with Gasteiger partial charge in [-0.3, -0.25) is 24.1 Å². The number of nitrogens with zero attached hydrogens (tertiary/aromatic N) is 4. The van der Waals surface area contributed by atoms with E-state index in [1.54, 1.807) is 36.6 Å². The Bertz CT molecular complexity index is 902. The summed E-state index contributed by atoms with van der Waals surface area (Å²) in [5.74, 6) is -1.23. The fraction of sp³-hybridized carbons (Fsp3) is 0.450. The summed E-state index contributed by atoms with van der Waals surface area (Å²) in [4.78, 5) is 54.2. The van der Waals surface area contributed by atoms with Crippen LogP contribution in [0.2, 0.25) is 0 Å². The summed E-state index contributed by atoms with van der Waals surface area (Å²) < 4.78 is 0. The van der Waals surface area contributed by atoms with E-state index in [0.29, 0.717) is 37.3 Å². The normalized spacial score (nSPS) is 16.9. The van der Waals surface area contributed by atoms with Crippen molar-refractivity contribution in [2.45, 2.75) is 32.7 Å². The third-order valence-electron chi connectivity index (χ3n) is 4.95. The second-order valence-corrected chi connectivity index (χ2v) is 7.88. The number of hydrogen-bond acceptors (Lipinski definition) is 5. The second-order valence-electron chi connectivity index (χ2n) is 7.88. The highest BCUT2D eigenvalue weighted by molar-refractivity contribution is 6.22. The van der Waals surface area contributed by atoms with Gasteiger partial charge in [0.1, 0.15) is 6.42 Å². The van der Waals surface area contributed by atoms with Crippen molar-refractivity contribution in [3.05, 3.63) is 34.9 Å². The van der Waals surface area contributed by atoms with Crippen LogP contribution in [-0.4, -0.2) is 70.0 Å². The number of piperazine rings is 1. The van der Waals surface area contributed by atoms with Gasteiger partial charge < -0.3 is 9.80 Å². The van der Waals surface area contributed by atoms with Crippen LogP contribution >= 0.6 is 0 Å². The molecule has 0 spiro atoms. The lowest BCUT2D eigenvalue weighted by molar-refractivity contribution is -0.131. The fourth-order valence-electron chi connectivity index (χ4n) is 3.50. The Kier molecular flexibility index (Phi) is 4.94. The zero-order valence-corrected chi connectivity index (χ0v) is 16.2. The van der Waals surface area contributed by atoms with Crippen molar-refractivity contribution in [3.8, 4) is 6.07 Å². The van der Waals surface area contributed by atoms with Crippen LogP contribution in [0.15, 0.2) is 18.2 Å². The van der Waals surface area contributed by atoms with Crippen molar-refractivity contribution < 1.29 is 19.2 Å². The van der Waals surface area contributed by atoms with Gasteiger partial charge in [0.05, 0.1) is 17.2 Å². The number of carbonyl (C=O) groups excluding carboxylic acids is 4. The topological polar surface area (TPSA) is 102 Å². The Hall–Kier alpha value is -3.21. The minimum absolute atomic E-state index is 0.167. The van der Waals surface area contributed by atoms with E-state index in [2.05, 4.69) is 0 Å². The first-order valence-electron chi connectivity index (χ1n) is 9.12. The molecule has 8 heteroatoms. The lowest BCUT2D eigenvalue weighted by Gasteiger charge is -2.34. The van der Waals surface area contributed by atoms with Gasteiger partial charge >= 0.3 is 0 Å². The molecule has 28 heavy (non-hydrogen) atoms. The Morgan fingerprint density at radius 3 is 2.14 bits per heavy atom. The van der Waals surface area contributed by atoms with Crippen molar-refractivity contribution in [1.29, 1.82) is 5.26 Å². The van der Waals surface area contributed by atoms with E-state index >= 15 is 0 Å². The average Bonchev–Trinajstić information content (AvgIpc) is 2.91. The molecule has 0 radical (unpaired) electrons. The molecule has 4 amide bonds. The van der Waals surface area contributed by atoms with Crippen molar-refractivity contribution in [2.24, 2.45) is 0 Å². The van der Waals surface area contributed by atoms with E-state index < -0.39 is 11.4 Å². The van der Waals surface area contributed by atoms with Crippen LogP contribution in [-0.2, 0) is 4.79 Å². The number of benzene rings is 1. The monoisotopic (exact) mass is 382 g/mol. The Labute approximate surface area is 163 Å². The van der Waals surface area contributed by atoms with Crippen LogP contribution in [0.3, 0.4) is 0 Å². The number of amides is 4. The van der Waals surface area contributed by atoms with Gasteiger partial charge in [-0.2, -0.15) is 5.26 Å². The van der Waals surface area contributed by atoms with Gasteiger partial charge in [-0.25, -0.2) is 0 Å². The number of nitriles is 1. The van der Waals surface area contributed by atoms with Gasteiger partial charge in [0.25, 0.3) is 17.7 Å². The first-order chi connectivity index (χ1) is 13.1. The molecule has 0 aromatic heterocycles. The van der Waals surface area contributed by atoms with Crippen LogP contribution in [0.5, 0.6) is 0 Å². The second kappa shape index (κ2) is 7.08. The van der Waals surface area contributed by atoms with E-state index in [0.717, 1.165) is 0 Å². The van der Waals surface area contributed by atoms with Crippen LogP contribution in [0, 0.1) is 11.3 Å². The smallest absolute Gasteiger partial charge is 0.262 e. The number of imide groups is 1. The largest absolute Gasteiger partial charge is 0.338 e. The molecule has 0 N–H and O–H groups in total. The molecule has 2 aliphatic rings. The third-order valence-corrected chi connectivity index (χ3v) is 4.95.